The van der Waals surface area contributed by atoms with Crippen LogP contribution in [0.3, 0.4) is 0 Å². The number of hydrogen-bond donors (Lipinski definition) is 1. The van der Waals surface area contributed by atoms with Crippen LogP contribution in [0.1, 0.15) is 11.1 Å². The monoisotopic (exact) mass is 386 g/mol. The highest BCUT2D eigenvalue weighted by Gasteiger charge is 2.14. The molecule has 3 aromatic rings. The fraction of sp³-hybridized carbons (Fsp3) is 0.211. The van der Waals surface area contributed by atoms with Crippen LogP contribution < -0.4 is 5.32 Å². The van der Waals surface area contributed by atoms with Gasteiger partial charge in [0.25, 0.3) is 0 Å². The van der Waals surface area contributed by atoms with Gasteiger partial charge in [-0.25, -0.2) is 0 Å². The maximum atomic E-state index is 12.2. The van der Waals surface area contributed by atoms with Crippen LogP contribution in [-0.2, 0) is 11.8 Å². The second-order valence-corrected chi connectivity index (χ2v) is 7.36. The summed E-state index contributed by atoms with van der Waals surface area (Å²) in [5, 5.41) is 12.7. The Morgan fingerprint density at radius 2 is 1.92 bits per heavy atom. The Morgan fingerprint density at radius 1 is 1.15 bits per heavy atom. The van der Waals surface area contributed by atoms with Crippen molar-refractivity contribution in [2.75, 3.05) is 11.1 Å². The smallest absolute Gasteiger partial charge is 0.234 e. The molecule has 134 valence electrons. The third-order valence-corrected chi connectivity index (χ3v) is 5.27. The number of aromatic nitrogens is 3. The molecular weight excluding hydrogens is 368 g/mol. The normalized spacial score (nSPS) is 10.8. The van der Waals surface area contributed by atoms with Gasteiger partial charge in [0, 0.05) is 23.3 Å². The number of nitrogens with zero attached hydrogens (tertiary/aromatic N) is 3. The van der Waals surface area contributed by atoms with Crippen molar-refractivity contribution in [3.63, 3.8) is 0 Å². The van der Waals surface area contributed by atoms with Crippen LogP contribution in [0.25, 0.3) is 11.4 Å². The summed E-state index contributed by atoms with van der Waals surface area (Å²) in [6.45, 7) is 3.95. The average molecular weight is 387 g/mol. The molecule has 0 atom stereocenters. The van der Waals surface area contributed by atoms with E-state index in [9.17, 15) is 4.79 Å². The van der Waals surface area contributed by atoms with Crippen molar-refractivity contribution in [2.24, 2.45) is 7.05 Å². The van der Waals surface area contributed by atoms with Gasteiger partial charge in [0.15, 0.2) is 11.0 Å². The molecule has 0 aliphatic heterocycles. The van der Waals surface area contributed by atoms with Gasteiger partial charge in [0.1, 0.15) is 0 Å². The van der Waals surface area contributed by atoms with Gasteiger partial charge >= 0.3 is 0 Å². The Bertz CT molecular complexity index is 954. The van der Waals surface area contributed by atoms with Gasteiger partial charge in [-0.15, -0.1) is 10.2 Å². The van der Waals surface area contributed by atoms with E-state index in [-0.39, 0.29) is 11.7 Å². The van der Waals surface area contributed by atoms with E-state index in [1.165, 1.54) is 11.8 Å². The minimum atomic E-state index is -0.0964. The molecule has 1 aromatic heterocycles. The fourth-order valence-corrected chi connectivity index (χ4v) is 3.52. The topological polar surface area (TPSA) is 59.8 Å². The first-order valence-corrected chi connectivity index (χ1v) is 9.46. The maximum Gasteiger partial charge on any atom is 0.234 e. The molecule has 0 saturated heterocycles. The quantitative estimate of drug-likeness (QED) is 0.656. The number of carbonyl (C=O) groups is 1. The lowest BCUT2D eigenvalue weighted by molar-refractivity contribution is -0.113. The van der Waals surface area contributed by atoms with E-state index < -0.39 is 0 Å². The fourth-order valence-electron chi connectivity index (χ4n) is 2.58. The lowest BCUT2D eigenvalue weighted by Gasteiger charge is -2.09. The molecule has 0 saturated carbocycles. The van der Waals surface area contributed by atoms with Crippen molar-refractivity contribution in [2.45, 2.75) is 19.0 Å². The summed E-state index contributed by atoms with van der Waals surface area (Å²) in [7, 11) is 1.91. The molecular formula is C19H19ClN4OS. The van der Waals surface area contributed by atoms with Gasteiger partial charge in [0.2, 0.25) is 5.91 Å². The standard InChI is InChI=1S/C19H19ClN4OS/c1-12-6-4-5-7-15(12)18-22-23-19(24(18)3)26-11-17(25)21-16-9-8-14(20)10-13(16)2/h4-10H,11H2,1-3H3,(H,21,25). The highest BCUT2D eigenvalue weighted by molar-refractivity contribution is 7.99. The maximum absolute atomic E-state index is 12.2. The summed E-state index contributed by atoms with van der Waals surface area (Å²) in [6.07, 6.45) is 0. The summed E-state index contributed by atoms with van der Waals surface area (Å²) in [5.74, 6) is 0.947. The van der Waals surface area contributed by atoms with Gasteiger partial charge in [0.05, 0.1) is 5.75 Å². The molecule has 0 spiro atoms. The molecule has 1 N–H and O–H groups in total. The number of amides is 1. The van der Waals surface area contributed by atoms with E-state index in [4.69, 9.17) is 11.6 Å². The zero-order chi connectivity index (χ0) is 18.7. The highest BCUT2D eigenvalue weighted by atomic mass is 35.5. The van der Waals surface area contributed by atoms with Crippen LogP contribution in [-0.4, -0.2) is 26.4 Å². The Labute approximate surface area is 161 Å². The van der Waals surface area contributed by atoms with Crippen molar-refractivity contribution >= 4 is 35.0 Å². The number of carbonyl (C=O) groups excluding carboxylic acids is 1. The number of nitrogens with one attached hydrogen (secondary N) is 1. The van der Waals surface area contributed by atoms with Gasteiger partial charge in [-0.1, -0.05) is 47.6 Å². The SMILES string of the molecule is Cc1cc(Cl)ccc1NC(=O)CSc1nnc(-c2ccccc2C)n1C. The number of anilines is 1. The van der Waals surface area contributed by atoms with E-state index in [0.29, 0.717) is 10.2 Å². The Morgan fingerprint density at radius 3 is 2.65 bits per heavy atom. The van der Waals surface area contributed by atoms with Crippen LogP contribution in [0.4, 0.5) is 5.69 Å². The molecule has 5 nitrogen and oxygen atoms in total. The van der Waals surface area contributed by atoms with Crippen molar-refractivity contribution < 1.29 is 4.79 Å². The predicted octanol–water partition coefficient (Wildman–Crippen LogP) is 4.48. The Hall–Kier alpha value is -2.31. The lowest BCUT2D eigenvalue weighted by atomic mass is 10.1. The first kappa shape index (κ1) is 18.5. The van der Waals surface area contributed by atoms with Crippen LogP contribution in [0.5, 0.6) is 0 Å². The molecule has 0 aliphatic carbocycles. The summed E-state index contributed by atoms with van der Waals surface area (Å²) in [4.78, 5) is 12.2. The Kier molecular flexibility index (Phi) is 5.64. The lowest BCUT2D eigenvalue weighted by Crippen LogP contribution is -2.15. The largest absolute Gasteiger partial charge is 0.325 e. The number of halogens is 1. The van der Waals surface area contributed by atoms with Crippen molar-refractivity contribution in [3.8, 4) is 11.4 Å². The summed E-state index contributed by atoms with van der Waals surface area (Å²) >= 11 is 7.30. The molecule has 0 bridgehead atoms. The first-order chi connectivity index (χ1) is 12.5. The van der Waals surface area contributed by atoms with Crippen LogP contribution in [0.2, 0.25) is 5.02 Å². The zero-order valence-electron chi connectivity index (χ0n) is 14.8. The first-order valence-electron chi connectivity index (χ1n) is 8.10. The van der Waals surface area contributed by atoms with E-state index in [1.54, 1.807) is 12.1 Å². The van der Waals surface area contributed by atoms with E-state index >= 15 is 0 Å². The number of benzene rings is 2. The third-order valence-electron chi connectivity index (χ3n) is 4.02. The average Bonchev–Trinajstić information content (AvgIpc) is 2.97. The van der Waals surface area contributed by atoms with E-state index in [2.05, 4.69) is 15.5 Å². The number of thioether (sulfide) groups is 1. The van der Waals surface area contributed by atoms with E-state index in [0.717, 1.165) is 28.2 Å². The van der Waals surface area contributed by atoms with Crippen molar-refractivity contribution in [1.82, 2.24) is 14.8 Å². The number of aryl methyl sites for hydroxylation is 2. The zero-order valence-corrected chi connectivity index (χ0v) is 16.4. The molecule has 1 heterocycles. The molecule has 0 fully saturated rings. The minimum Gasteiger partial charge on any atom is -0.325 e. The Balaban J connectivity index is 1.67. The number of hydrogen-bond acceptors (Lipinski definition) is 4. The molecule has 0 unspecified atom stereocenters. The molecule has 2 aromatic carbocycles. The number of rotatable bonds is 5. The van der Waals surface area contributed by atoms with E-state index in [1.807, 2.05) is 55.8 Å². The van der Waals surface area contributed by atoms with Crippen molar-refractivity contribution in [1.29, 1.82) is 0 Å². The van der Waals surface area contributed by atoms with Gasteiger partial charge < -0.3 is 9.88 Å². The van der Waals surface area contributed by atoms with Gasteiger partial charge in [-0.3, -0.25) is 4.79 Å². The third kappa shape index (κ3) is 4.08. The highest BCUT2D eigenvalue weighted by Crippen LogP contribution is 2.25. The van der Waals surface area contributed by atoms with Crippen LogP contribution >= 0.6 is 23.4 Å². The van der Waals surface area contributed by atoms with Gasteiger partial charge in [-0.2, -0.15) is 0 Å². The molecule has 0 aliphatic rings. The summed E-state index contributed by atoms with van der Waals surface area (Å²) in [6, 6.07) is 13.4. The summed E-state index contributed by atoms with van der Waals surface area (Å²) in [5.41, 5.74) is 3.86. The molecule has 26 heavy (non-hydrogen) atoms. The van der Waals surface area contributed by atoms with Crippen LogP contribution in [0.15, 0.2) is 47.6 Å². The van der Waals surface area contributed by atoms with Crippen molar-refractivity contribution in [3.05, 3.63) is 58.6 Å². The second-order valence-electron chi connectivity index (χ2n) is 5.98. The molecule has 7 heteroatoms. The molecule has 3 rings (SSSR count). The minimum absolute atomic E-state index is 0.0964. The molecule has 1 amide bonds. The second kappa shape index (κ2) is 7.93. The summed E-state index contributed by atoms with van der Waals surface area (Å²) < 4.78 is 1.91. The van der Waals surface area contributed by atoms with Gasteiger partial charge in [-0.05, 0) is 43.2 Å². The predicted molar refractivity (Wildman–Crippen MR) is 107 cm³/mol. The molecule has 0 radical (unpaired) electrons. The van der Waals surface area contributed by atoms with Crippen LogP contribution in [0, 0.1) is 13.8 Å².